The van der Waals surface area contributed by atoms with Crippen LogP contribution in [-0.2, 0) is 6.42 Å². The molecule has 1 spiro atoms. The van der Waals surface area contributed by atoms with Crippen molar-refractivity contribution in [1.29, 1.82) is 0 Å². The summed E-state index contributed by atoms with van der Waals surface area (Å²) >= 11 is 1.65. The van der Waals surface area contributed by atoms with Gasteiger partial charge in [-0.1, -0.05) is 18.7 Å². The summed E-state index contributed by atoms with van der Waals surface area (Å²) in [6.07, 6.45) is 8.33. The molecule has 3 atom stereocenters. The number of aromatic nitrogens is 3. The molecule has 0 radical (unpaired) electrons. The summed E-state index contributed by atoms with van der Waals surface area (Å²) in [5, 5.41) is 13.7. The number of amides is 1. The van der Waals surface area contributed by atoms with E-state index in [1.807, 2.05) is 6.92 Å². The molecule has 0 bridgehead atoms. The average molecular weight is 410 g/mol. The zero-order valence-electron chi connectivity index (χ0n) is 17.0. The lowest BCUT2D eigenvalue weighted by molar-refractivity contribution is -0.0676. The molecule has 2 aromatic heterocycles. The van der Waals surface area contributed by atoms with Gasteiger partial charge in [0.1, 0.15) is 5.01 Å². The number of hydrogen-bond donors (Lipinski definition) is 2. The maximum absolute atomic E-state index is 13.0. The van der Waals surface area contributed by atoms with Crippen molar-refractivity contribution in [2.45, 2.75) is 51.1 Å². The molecule has 1 saturated carbocycles. The fourth-order valence-electron chi connectivity index (χ4n) is 5.31. The summed E-state index contributed by atoms with van der Waals surface area (Å²) < 4.78 is 0. The van der Waals surface area contributed by atoms with Crippen molar-refractivity contribution in [1.82, 2.24) is 25.4 Å². The van der Waals surface area contributed by atoms with Crippen LogP contribution in [0.15, 0.2) is 18.0 Å². The first kappa shape index (κ1) is 18.8. The number of hydrogen-bond acceptors (Lipinski definition) is 5. The smallest absolute Gasteiger partial charge is 0.272 e. The number of allylic oxidation sites excluding steroid dienone is 2. The van der Waals surface area contributed by atoms with Crippen molar-refractivity contribution in [3.63, 3.8) is 0 Å². The van der Waals surface area contributed by atoms with Crippen LogP contribution in [0.1, 0.15) is 58.6 Å². The van der Waals surface area contributed by atoms with Crippen molar-refractivity contribution in [2.75, 3.05) is 13.1 Å². The van der Waals surface area contributed by atoms with Gasteiger partial charge in [-0.05, 0) is 44.6 Å². The van der Waals surface area contributed by atoms with E-state index >= 15 is 0 Å². The number of nitrogens with zero attached hydrogens (tertiary/aromatic N) is 3. The minimum absolute atomic E-state index is 0.0896. The number of thiazole rings is 1. The summed E-state index contributed by atoms with van der Waals surface area (Å²) in [7, 11) is 0. The van der Waals surface area contributed by atoms with E-state index in [1.165, 1.54) is 25.8 Å². The van der Waals surface area contributed by atoms with Gasteiger partial charge in [0.15, 0.2) is 5.69 Å². The molecule has 5 rings (SSSR count). The lowest BCUT2D eigenvalue weighted by Crippen LogP contribution is -2.64. The second kappa shape index (κ2) is 6.92. The van der Waals surface area contributed by atoms with Crippen molar-refractivity contribution in [2.24, 2.45) is 5.92 Å². The Morgan fingerprint density at radius 2 is 2.38 bits per heavy atom. The average Bonchev–Trinajstić information content (AvgIpc) is 3.30. The Morgan fingerprint density at radius 3 is 2.97 bits per heavy atom. The predicted octanol–water partition coefficient (Wildman–Crippen LogP) is 3.43. The van der Waals surface area contributed by atoms with Crippen LogP contribution in [0.4, 0.5) is 0 Å². The van der Waals surface area contributed by atoms with Crippen LogP contribution in [0.5, 0.6) is 0 Å². The van der Waals surface area contributed by atoms with Gasteiger partial charge in [-0.25, -0.2) is 4.98 Å². The van der Waals surface area contributed by atoms with Crippen molar-refractivity contribution in [3.05, 3.63) is 45.7 Å². The van der Waals surface area contributed by atoms with E-state index in [1.54, 1.807) is 17.4 Å². The highest BCUT2D eigenvalue weighted by Gasteiger charge is 2.63. The largest absolute Gasteiger partial charge is 0.346 e. The SMILES string of the molecule is C=Cc1c(C(=O)NC2CN3CCC34CCC24)n[nH]c1C/C=C(\C)c1nc(C)cs1. The van der Waals surface area contributed by atoms with Gasteiger partial charge in [-0.15, -0.1) is 11.3 Å². The lowest BCUT2D eigenvalue weighted by atomic mass is 9.61. The number of carbonyl (C=O) groups is 1. The Hall–Kier alpha value is -2.25. The van der Waals surface area contributed by atoms with Crippen LogP contribution >= 0.6 is 11.3 Å². The summed E-state index contributed by atoms with van der Waals surface area (Å²) in [5.41, 5.74) is 4.74. The fraction of sp³-hybridized carbons (Fsp3) is 0.500. The highest BCUT2D eigenvalue weighted by Crippen LogP contribution is 2.57. The molecule has 4 heterocycles. The van der Waals surface area contributed by atoms with E-state index in [9.17, 15) is 4.79 Å². The Morgan fingerprint density at radius 1 is 1.52 bits per heavy atom. The Labute approximate surface area is 175 Å². The molecule has 3 unspecified atom stereocenters. The molecule has 29 heavy (non-hydrogen) atoms. The molecule has 152 valence electrons. The van der Waals surface area contributed by atoms with Gasteiger partial charge in [0.2, 0.25) is 0 Å². The number of carbonyl (C=O) groups excluding carboxylic acids is 1. The monoisotopic (exact) mass is 409 g/mol. The first-order valence-corrected chi connectivity index (χ1v) is 11.2. The Bertz CT molecular complexity index is 1000. The molecular formula is C22H27N5OS. The third kappa shape index (κ3) is 2.90. The molecule has 0 aromatic carbocycles. The molecule has 1 aliphatic carbocycles. The molecule has 2 N–H and O–H groups in total. The fourth-order valence-corrected chi connectivity index (χ4v) is 6.11. The zero-order chi connectivity index (χ0) is 20.2. The maximum Gasteiger partial charge on any atom is 0.272 e. The second-order valence-electron chi connectivity index (χ2n) is 8.58. The molecule has 6 nitrogen and oxygen atoms in total. The van der Waals surface area contributed by atoms with Crippen LogP contribution in [0.3, 0.4) is 0 Å². The van der Waals surface area contributed by atoms with Gasteiger partial charge >= 0.3 is 0 Å². The zero-order valence-corrected chi connectivity index (χ0v) is 17.8. The number of H-pyrrole nitrogens is 1. The summed E-state index contributed by atoms with van der Waals surface area (Å²) in [6, 6.07) is 0.242. The summed E-state index contributed by atoms with van der Waals surface area (Å²) in [5.74, 6) is 0.520. The molecular weight excluding hydrogens is 382 g/mol. The van der Waals surface area contributed by atoms with Gasteiger partial charge in [-0.2, -0.15) is 5.10 Å². The molecule has 2 saturated heterocycles. The van der Waals surface area contributed by atoms with Gasteiger partial charge in [-0.3, -0.25) is 14.8 Å². The topological polar surface area (TPSA) is 73.9 Å². The van der Waals surface area contributed by atoms with Gasteiger partial charge < -0.3 is 5.32 Å². The number of rotatable bonds is 6. The lowest BCUT2D eigenvalue weighted by Gasteiger charge is -2.58. The Kier molecular flexibility index (Phi) is 4.47. The molecule has 1 amide bonds. The highest BCUT2D eigenvalue weighted by molar-refractivity contribution is 7.10. The summed E-state index contributed by atoms with van der Waals surface area (Å²) in [4.78, 5) is 20.1. The number of aryl methyl sites for hydroxylation is 1. The number of aromatic amines is 1. The van der Waals surface area contributed by atoms with Gasteiger partial charge in [0.25, 0.3) is 5.91 Å². The minimum atomic E-state index is -0.0896. The van der Waals surface area contributed by atoms with Crippen LogP contribution in [-0.4, -0.2) is 50.7 Å². The van der Waals surface area contributed by atoms with E-state index in [0.29, 0.717) is 23.6 Å². The molecule has 7 heteroatoms. The van der Waals surface area contributed by atoms with E-state index in [2.05, 4.69) is 50.4 Å². The first-order valence-electron chi connectivity index (χ1n) is 10.4. The van der Waals surface area contributed by atoms with E-state index in [0.717, 1.165) is 34.1 Å². The first-order chi connectivity index (χ1) is 14.0. The van der Waals surface area contributed by atoms with Crippen molar-refractivity contribution in [3.8, 4) is 0 Å². The van der Waals surface area contributed by atoms with Crippen molar-refractivity contribution < 1.29 is 4.79 Å². The van der Waals surface area contributed by atoms with Gasteiger partial charge in [0, 0.05) is 53.4 Å². The predicted molar refractivity (Wildman–Crippen MR) is 116 cm³/mol. The van der Waals surface area contributed by atoms with Crippen LogP contribution < -0.4 is 5.32 Å². The maximum atomic E-state index is 13.0. The molecule has 2 aromatic rings. The van der Waals surface area contributed by atoms with E-state index in [4.69, 9.17) is 0 Å². The highest BCUT2D eigenvalue weighted by atomic mass is 32.1. The second-order valence-corrected chi connectivity index (χ2v) is 9.44. The normalized spacial score (nSPS) is 28.3. The van der Waals surface area contributed by atoms with Crippen LogP contribution in [0.25, 0.3) is 11.6 Å². The molecule has 3 aliphatic rings. The molecule has 2 aliphatic heterocycles. The van der Waals surface area contributed by atoms with Crippen LogP contribution in [0, 0.1) is 12.8 Å². The van der Waals surface area contributed by atoms with Gasteiger partial charge in [0.05, 0.1) is 0 Å². The molecule has 3 fully saturated rings. The Balaban J connectivity index is 1.29. The minimum Gasteiger partial charge on any atom is -0.346 e. The summed E-state index contributed by atoms with van der Waals surface area (Å²) in [6.45, 7) is 10.1. The standard InChI is InChI=1S/C22H27N5OS/c1-4-15-17(6-5-13(2)21-23-14(3)12-29-21)25-26-19(15)20(28)24-18-11-27-10-9-22(27)8-7-16(18)22/h4-5,12,16,18H,1,6-11H2,2-3H3,(H,24,28)(H,25,26)/b13-5+. The third-order valence-corrected chi connectivity index (χ3v) is 8.21. The quantitative estimate of drug-likeness (QED) is 0.767. The van der Waals surface area contributed by atoms with Crippen molar-refractivity contribution >= 4 is 28.9 Å². The van der Waals surface area contributed by atoms with E-state index in [-0.39, 0.29) is 11.9 Å². The van der Waals surface area contributed by atoms with E-state index < -0.39 is 0 Å². The van der Waals surface area contributed by atoms with Crippen LogP contribution in [0.2, 0.25) is 0 Å². The number of nitrogens with one attached hydrogen (secondary N) is 2. The third-order valence-electron chi connectivity index (χ3n) is 7.11.